The Morgan fingerprint density at radius 3 is 2.47 bits per heavy atom. The molecule has 0 spiro atoms. The van der Waals surface area contributed by atoms with E-state index in [1.165, 1.54) is 5.69 Å². The van der Waals surface area contributed by atoms with Crippen LogP contribution >= 0.6 is 0 Å². The Balaban J connectivity index is 0.000000458. The monoisotopic (exact) mass is 901 g/mol. The van der Waals surface area contributed by atoms with E-state index < -0.39 is 0 Å². The fourth-order valence-corrected chi connectivity index (χ4v) is 3.74. The normalized spacial score (nSPS) is 14.2. The topological polar surface area (TPSA) is 60.0 Å². The van der Waals surface area contributed by atoms with Crippen LogP contribution in [0, 0.1) is 94.5 Å². The summed E-state index contributed by atoms with van der Waals surface area (Å²) >= 11 is 0. The van der Waals surface area contributed by atoms with Crippen LogP contribution in [0.15, 0.2) is 54.9 Å². The van der Waals surface area contributed by atoms with Gasteiger partial charge in [-0.25, -0.2) is 4.98 Å². The van der Waals surface area contributed by atoms with Gasteiger partial charge >= 0.3 is 62.2 Å². The zero-order valence-electron chi connectivity index (χ0n) is 19.8. The first-order chi connectivity index (χ1) is 15.4. The van der Waals surface area contributed by atoms with Crippen LogP contribution in [-0.2, 0) is 0 Å². The van der Waals surface area contributed by atoms with Crippen molar-refractivity contribution in [1.29, 1.82) is 0 Å². The number of rotatable bonds is 3. The Labute approximate surface area is 251 Å². The standard InChI is InChI=1S/C21H20N5.C6H11.2U/c22-16-10-12-25(13-11-16)19-7-3-4-15-8-9-20(24-21(15)19)26-14-23-17-5-1-2-6-18(17)26;1-5-6(2,3)4;;/h2-9,14,16H,10-13,22H2;2-5H2,1H3;;/q-1;-3;2*+2. The van der Waals surface area contributed by atoms with E-state index in [4.69, 9.17) is 10.7 Å². The Bertz CT molecular complexity index is 1190. The van der Waals surface area contributed by atoms with E-state index in [0.717, 1.165) is 60.1 Å². The second-order valence-electron chi connectivity index (χ2n) is 8.73. The molecule has 0 bridgehead atoms. The number of hydrogen-bond donors (Lipinski definition) is 1. The fraction of sp³-hybridized carbons (Fsp3) is 0.296. The molecule has 2 aromatic heterocycles. The molecule has 7 heteroatoms. The minimum Gasteiger partial charge on any atom is -0.434 e. The third-order valence-electron chi connectivity index (χ3n) is 5.95. The Hall–Kier alpha value is -0.816. The molecular formula is C27H31N5U2. The predicted molar refractivity (Wildman–Crippen MR) is 133 cm³/mol. The number of anilines is 1. The first kappa shape index (κ1) is 29.4. The summed E-state index contributed by atoms with van der Waals surface area (Å²) in [6.45, 7) is 15.0. The summed E-state index contributed by atoms with van der Waals surface area (Å²) in [4.78, 5) is 11.9. The first-order valence-corrected chi connectivity index (χ1v) is 11.2. The zero-order valence-corrected chi connectivity index (χ0v) is 28.1. The van der Waals surface area contributed by atoms with Gasteiger partial charge in [0.2, 0.25) is 0 Å². The zero-order chi connectivity index (χ0) is 22.7. The van der Waals surface area contributed by atoms with Gasteiger partial charge in [-0.3, -0.25) is 0 Å². The van der Waals surface area contributed by atoms with Gasteiger partial charge in [0.1, 0.15) is 5.82 Å². The van der Waals surface area contributed by atoms with Crippen LogP contribution in [0.1, 0.15) is 26.2 Å². The van der Waals surface area contributed by atoms with Gasteiger partial charge in [-0.15, -0.1) is 18.6 Å². The second kappa shape index (κ2) is 12.9. The summed E-state index contributed by atoms with van der Waals surface area (Å²) in [6, 6.07) is 19.8. The van der Waals surface area contributed by atoms with Gasteiger partial charge in [-0.2, -0.15) is 12.1 Å². The van der Waals surface area contributed by atoms with Crippen LogP contribution in [0.3, 0.4) is 0 Å². The molecule has 1 fully saturated rings. The van der Waals surface area contributed by atoms with Crippen LogP contribution < -0.4 is 10.6 Å². The van der Waals surface area contributed by atoms with Gasteiger partial charge in [0.15, 0.2) is 0 Å². The number of piperidine rings is 1. The summed E-state index contributed by atoms with van der Waals surface area (Å²) in [5.41, 5.74) is 10.0. The number of nitrogens with zero attached hydrogens (tertiary/aromatic N) is 4. The maximum atomic E-state index is 6.07. The van der Waals surface area contributed by atoms with Crippen LogP contribution in [0.4, 0.5) is 5.69 Å². The molecule has 0 saturated carbocycles. The Morgan fingerprint density at radius 2 is 1.79 bits per heavy atom. The largest absolute Gasteiger partial charge is 2.00 e. The molecule has 0 aliphatic carbocycles. The predicted octanol–water partition coefficient (Wildman–Crippen LogP) is 5.19. The van der Waals surface area contributed by atoms with Crippen molar-refractivity contribution in [3.05, 3.63) is 81.7 Å². The molecule has 1 aliphatic rings. The number of para-hydroxylation sites is 1. The van der Waals surface area contributed by atoms with Crippen molar-refractivity contribution in [2.45, 2.75) is 32.2 Å². The van der Waals surface area contributed by atoms with Gasteiger partial charge in [-0.1, -0.05) is 19.1 Å². The number of benzene rings is 2. The number of pyridine rings is 1. The molecular weight excluding hydrogens is 870 g/mol. The van der Waals surface area contributed by atoms with Crippen LogP contribution in [0.25, 0.3) is 27.8 Å². The van der Waals surface area contributed by atoms with E-state index in [1.807, 2.05) is 36.0 Å². The minimum atomic E-state index is -0.208. The summed E-state index contributed by atoms with van der Waals surface area (Å²) in [6.07, 6.45) is 4.82. The van der Waals surface area contributed by atoms with Crippen molar-refractivity contribution in [2.75, 3.05) is 18.0 Å². The van der Waals surface area contributed by atoms with E-state index >= 15 is 0 Å². The van der Waals surface area contributed by atoms with Crippen molar-refractivity contribution < 1.29 is 62.2 Å². The average molecular weight is 902 g/mol. The van der Waals surface area contributed by atoms with E-state index in [1.54, 1.807) is 0 Å². The van der Waals surface area contributed by atoms with Gasteiger partial charge in [0, 0.05) is 24.5 Å². The van der Waals surface area contributed by atoms with Crippen molar-refractivity contribution in [1.82, 2.24) is 14.5 Å². The van der Waals surface area contributed by atoms with Crippen LogP contribution in [0.2, 0.25) is 0 Å². The number of imidazole rings is 1. The molecule has 2 aromatic carbocycles. The Kier molecular flexibility index (Phi) is 11.2. The van der Waals surface area contributed by atoms with E-state index in [9.17, 15) is 0 Å². The van der Waals surface area contributed by atoms with E-state index in [-0.39, 0.29) is 67.6 Å². The number of fused-ring (bicyclic) bond motifs is 2. The summed E-state index contributed by atoms with van der Waals surface area (Å²) < 4.78 is 2.03. The smallest absolute Gasteiger partial charge is 0.434 e. The van der Waals surface area contributed by atoms with Gasteiger partial charge in [0.05, 0.1) is 17.5 Å². The molecule has 4 aromatic rings. The van der Waals surface area contributed by atoms with Crippen molar-refractivity contribution in [3.8, 4) is 5.82 Å². The third kappa shape index (κ3) is 7.12. The number of aromatic nitrogens is 3. The molecule has 172 valence electrons. The van der Waals surface area contributed by atoms with Gasteiger partial charge in [0.25, 0.3) is 0 Å². The quantitative estimate of drug-likeness (QED) is 0.288. The molecule has 2 N–H and O–H groups in total. The molecule has 5 rings (SSSR count). The maximum Gasteiger partial charge on any atom is 2.00 e. The van der Waals surface area contributed by atoms with Crippen molar-refractivity contribution in [2.24, 2.45) is 11.1 Å². The Morgan fingerprint density at radius 1 is 1.09 bits per heavy atom. The SMILES string of the molecule is NC1CCN(c2cccc3ccc(-n4cnc5c[c-]ccc54)nc23)CC1.[CH2-]C([CH2-])([CH2-])CC.[U+2].[U+2]. The third-order valence-corrected chi connectivity index (χ3v) is 5.95. The number of hydrogen-bond acceptors (Lipinski definition) is 4. The summed E-state index contributed by atoms with van der Waals surface area (Å²) in [5, 5.41) is 1.15. The van der Waals surface area contributed by atoms with E-state index in [2.05, 4.69) is 67.1 Å². The molecule has 0 unspecified atom stereocenters. The molecule has 3 heterocycles. The minimum absolute atomic E-state index is 0. The summed E-state index contributed by atoms with van der Waals surface area (Å²) in [7, 11) is 0. The molecule has 0 amide bonds. The van der Waals surface area contributed by atoms with Crippen molar-refractivity contribution in [3.63, 3.8) is 0 Å². The molecule has 34 heavy (non-hydrogen) atoms. The van der Waals surface area contributed by atoms with E-state index in [0.29, 0.717) is 6.04 Å². The van der Waals surface area contributed by atoms with Crippen LogP contribution in [-0.4, -0.2) is 33.7 Å². The molecule has 5 nitrogen and oxygen atoms in total. The molecule has 1 saturated heterocycles. The maximum absolute atomic E-state index is 6.07. The number of nitrogens with two attached hydrogens (primary N) is 1. The summed E-state index contributed by atoms with van der Waals surface area (Å²) in [5.74, 6) is 0.882. The molecule has 0 atom stereocenters. The van der Waals surface area contributed by atoms with Gasteiger partial charge in [-0.05, 0) is 42.1 Å². The average Bonchev–Trinajstić information content (AvgIpc) is 3.23. The fourth-order valence-electron chi connectivity index (χ4n) is 3.74. The first-order valence-electron chi connectivity index (χ1n) is 11.2. The van der Waals surface area contributed by atoms with Gasteiger partial charge < -0.3 is 46.4 Å². The van der Waals surface area contributed by atoms with Crippen molar-refractivity contribution >= 4 is 27.6 Å². The molecule has 1 aliphatic heterocycles. The van der Waals surface area contributed by atoms with Crippen LogP contribution in [0.5, 0.6) is 0 Å². The molecule has 0 radical (unpaired) electrons. The second-order valence-corrected chi connectivity index (χ2v) is 8.73.